The maximum Gasteiger partial charge on any atom is 0.134 e. The average molecular weight is 342 g/mol. The summed E-state index contributed by atoms with van der Waals surface area (Å²) < 4.78 is 33.7. The van der Waals surface area contributed by atoms with Crippen LogP contribution in [0.2, 0.25) is 0 Å². The smallest absolute Gasteiger partial charge is 0.134 e. The summed E-state index contributed by atoms with van der Waals surface area (Å²) in [6.45, 7) is 1.58. The van der Waals surface area contributed by atoms with Gasteiger partial charge in [-0.25, -0.2) is 8.78 Å². The second-order valence-corrected chi connectivity index (χ2v) is 5.32. The van der Waals surface area contributed by atoms with Crippen LogP contribution in [-0.2, 0) is 0 Å². The van der Waals surface area contributed by atoms with E-state index >= 15 is 0 Å². The van der Waals surface area contributed by atoms with Crippen molar-refractivity contribution in [3.05, 3.63) is 63.1 Å². The van der Waals surface area contributed by atoms with Gasteiger partial charge in [0, 0.05) is 5.56 Å². The molecule has 0 aliphatic rings. The van der Waals surface area contributed by atoms with Gasteiger partial charge in [-0.1, -0.05) is 12.1 Å². The van der Waals surface area contributed by atoms with Crippen molar-refractivity contribution in [2.75, 3.05) is 7.11 Å². The summed E-state index contributed by atoms with van der Waals surface area (Å²) in [5, 5.41) is 0. The van der Waals surface area contributed by atoms with Gasteiger partial charge in [0.1, 0.15) is 17.4 Å². The normalized spacial score (nSPS) is 12.3. The Labute approximate surface area is 124 Å². The maximum absolute atomic E-state index is 14.1. The molecule has 0 fully saturated rings. The van der Waals surface area contributed by atoms with Crippen LogP contribution >= 0.6 is 15.9 Å². The Hall–Kier alpha value is -1.46. The number of rotatable bonds is 3. The van der Waals surface area contributed by atoms with Crippen LogP contribution in [0.4, 0.5) is 8.78 Å². The number of benzene rings is 2. The lowest BCUT2D eigenvalue weighted by Crippen LogP contribution is -2.16. The highest BCUT2D eigenvalue weighted by molar-refractivity contribution is 9.10. The Balaban J connectivity index is 2.49. The van der Waals surface area contributed by atoms with Crippen molar-refractivity contribution in [3.63, 3.8) is 0 Å². The molecule has 0 heterocycles. The molecule has 0 spiro atoms. The van der Waals surface area contributed by atoms with E-state index in [1.807, 2.05) is 0 Å². The molecule has 106 valence electrons. The maximum atomic E-state index is 14.1. The number of hydrogen-bond donors (Lipinski definition) is 1. The van der Waals surface area contributed by atoms with Crippen molar-refractivity contribution >= 4 is 15.9 Å². The van der Waals surface area contributed by atoms with E-state index in [1.54, 1.807) is 32.2 Å². The first-order chi connectivity index (χ1) is 9.45. The molecule has 0 aliphatic heterocycles. The molecule has 0 aliphatic carbocycles. The van der Waals surface area contributed by atoms with Gasteiger partial charge < -0.3 is 10.5 Å². The van der Waals surface area contributed by atoms with Gasteiger partial charge in [-0.2, -0.15) is 0 Å². The summed E-state index contributed by atoms with van der Waals surface area (Å²) >= 11 is 3.33. The highest BCUT2D eigenvalue weighted by atomic mass is 79.9. The molecular weight excluding hydrogens is 328 g/mol. The quantitative estimate of drug-likeness (QED) is 0.912. The van der Waals surface area contributed by atoms with Gasteiger partial charge in [0.05, 0.1) is 17.6 Å². The van der Waals surface area contributed by atoms with Crippen molar-refractivity contribution in [1.82, 2.24) is 0 Å². The Morgan fingerprint density at radius 3 is 2.50 bits per heavy atom. The summed E-state index contributed by atoms with van der Waals surface area (Å²) in [6, 6.07) is 6.83. The molecule has 2 nitrogen and oxygen atoms in total. The Morgan fingerprint density at radius 2 is 1.90 bits per heavy atom. The number of nitrogens with two attached hydrogens (primary N) is 1. The van der Waals surface area contributed by atoms with Gasteiger partial charge in [0.15, 0.2) is 0 Å². The minimum atomic E-state index is -0.878. The molecule has 2 aromatic rings. The second-order valence-electron chi connectivity index (χ2n) is 4.46. The van der Waals surface area contributed by atoms with Crippen LogP contribution in [0.15, 0.2) is 34.8 Å². The zero-order chi connectivity index (χ0) is 14.9. The van der Waals surface area contributed by atoms with Gasteiger partial charge >= 0.3 is 0 Å². The third kappa shape index (κ3) is 2.69. The van der Waals surface area contributed by atoms with Gasteiger partial charge in [0.25, 0.3) is 0 Å². The summed E-state index contributed by atoms with van der Waals surface area (Å²) in [5.41, 5.74) is 6.85. The van der Waals surface area contributed by atoms with E-state index in [1.165, 1.54) is 12.1 Å². The molecule has 5 heteroatoms. The molecular formula is C15H14BrF2NO. The van der Waals surface area contributed by atoms with E-state index in [9.17, 15) is 8.78 Å². The van der Waals surface area contributed by atoms with Gasteiger partial charge in [-0.05, 0) is 52.2 Å². The molecule has 0 amide bonds. The van der Waals surface area contributed by atoms with Crippen molar-refractivity contribution < 1.29 is 13.5 Å². The van der Waals surface area contributed by atoms with Crippen molar-refractivity contribution in [3.8, 4) is 5.75 Å². The highest BCUT2D eigenvalue weighted by Crippen LogP contribution is 2.31. The average Bonchev–Trinajstić information content (AvgIpc) is 2.43. The van der Waals surface area contributed by atoms with Crippen molar-refractivity contribution in [1.29, 1.82) is 0 Å². The van der Waals surface area contributed by atoms with Crippen LogP contribution in [0.1, 0.15) is 22.7 Å². The first-order valence-corrected chi connectivity index (χ1v) is 6.78. The summed E-state index contributed by atoms with van der Waals surface area (Å²) in [7, 11) is 1.54. The first-order valence-electron chi connectivity index (χ1n) is 5.99. The molecule has 2 N–H and O–H groups in total. The van der Waals surface area contributed by atoms with E-state index in [2.05, 4.69) is 15.9 Å². The molecule has 20 heavy (non-hydrogen) atoms. The van der Waals surface area contributed by atoms with Crippen LogP contribution in [-0.4, -0.2) is 7.11 Å². The lowest BCUT2D eigenvalue weighted by molar-refractivity contribution is 0.412. The molecule has 2 rings (SSSR count). The minimum absolute atomic E-state index is 0.123. The lowest BCUT2D eigenvalue weighted by atomic mass is 9.97. The topological polar surface area (TPSA) is 35.2 Å². The summed E-state index contributed by atoms with van der Waals surface area (Å²) in [4.78, 5) is 0. The van der Waals surface area contributed by atoms with Gasteiger partial charge in [-0.3, -0.25) is 0 Å². The predicted octanol–water partition coefficient (Wildman–Crippen LogP) is 4.09. The van der Waals surface area contributed by atoms with Crippen LogP contribution in [0.3, 0.4) is 0 Å². The molecule has 0 aromatic heterocycles. The third-order valence-electron chi connectivity index (χ3n) is 3.17. The van der Waals surface area contributed by atoms with Gasteiger partial charge in [-0.15, -0.1) is 0 Å². The molecule has 0 saturated heterocycles. The molecule has 1 unspecified atom stereocenters. The highest BCUT2D eigenvalue weighted by Gasteiger charge is 2.20. The van der Waals surface area contributed by atoms with E-state index in [0.29, 0.717) is 21.3 Å². The number of aryl methyl sites for hydroxylation is 1. The summed E-state index contributed by atoms with van der Waals surface area (Å²) in [6.07, 6.45) is 0. The fraction of sp³-hybridized carbons (Fsp3) is 0.200. The Kier molecular flexibility index (Phi) is 4.40. The molecule has 2 aromatic carbocycles. The fourth-order valence-corrected chi connectivity index (χ4v) is 2.56. The largest absolute Gasteiger partial charge is 0.496 e. The molecule has 0 saturated carbocycles. The number of halogens is 3. The zero-order valence-electron chi connectivity index (χ0n) is 11.1. The third-order valence-corrected chi connectivity index (χ3v) is 3.79. The standard InChI is InChI=1S/C15H14BrF2NO/c1-8-3-5-11(17)13(14(8)18)15(19)9-4-6-12(20-2)10(16)7-9/h3-7,15H,19H2,1-2H3. The van der Waals surface area contributed by atoms with Crippen LogP contribution < -0.4 is 10.5 Å². The van der Waals surface area contributed by atoms with Crippen molar-refractivity contribution in [2.24, 2.45) is 5.73 Å². The number of hydrogen-bond acceptors (Lipinski definition) is 2. The van der Waals surface area contributed by atoms with E-state index < -0.39 is 17.7 Å². The summed E-state index contributed by atoms with van der Waals surface area (Å²) in [5.74, 6) is -0.622. The predicted molar refractivity (Wildman–Crippen MR) is 77.8 cm³/mol. The molecule has 0 bridgehead atoms. The Bertz CT molecular complexity index is 646. The fourth-order valence-electron chi connectivity index (χ4n) is 2.01. The lowest BCUT2D eigenvalue weighted by Gasteiger charge is -2.16. The monoisotopic (exact) mass is 341 g/mol. The van der Waals surface area contributed by atoms with E-state index in [-0.39, 0.29) is 5.56 Å². The number of ether oxygens (including phenoxy) is 1. The van der Waals surface area contributed by atoms with E-state index in [4.69, 9.17) is 10.5 Å². The first kappa shape index (κ1) is 14.9. The second kappa shape index (κ2) is 5.89. The molecule has 0 radical (unpaired) electrons. The molecule has 1 atom stereocenters. The van der Waals surface area contributed by atoms with Gasteiger partial charge in [0.2, 0.25) is 0 Å². The SMILES string of the molecule is COc1ccc(C(N)c2c(F)ccc(C)c2F)cc1Br. The van der Waals surface area contributed by atoms with Crippen LogP contribution in [0, 0.1) is 18.6 Å². The Morgan fingerprint density at radius 1 is 1.20 bits per heavy atom. The minimum Gasteiger partial charge on any atom is -0.496 e. The van der Waals surface area contributed by atoms with E-state index in [0.717, 1.165) is 0 Å². The number of methoxy groups -OCH3 is 1. The zero-order valence-corrected chi connectivity index (χ0v) is 12.7. The van der Waals surface area contributed by atoms with Crippen LogP contribution in [0.5, 0.6) is 5.75 Å². The van der Waals surface area contributed by atoms with Crippen molar-refractivity contribution in [2.45, 2.75) is 13.0 Å². The van der Waals surface area contributed by atoms with Crippen LogP contribution in [0.25, 0.3) is 0 Å².